The van der Waals surface area contributed by atoms with Crippen LogP contribution < -0.4 is 16.0 Å². The van der Waals surface area contributed by atoms with Crippen molar-refractivity contribution in [1.29, 1.82) is 0 Å². The Bertz CT molecular complexity index is 958. The second kappa shape index (κ2) is 8.06. The van der Waals surface area contributed by atoms with Gasteiger partial charge in [-0.25, -0.2) is 9.78 Å². The van der Waals surface area contributed by atoms with Crippen LogP contribution in [0.15, 0.2) is 36.5 Å². The van der Waals surface area contributed by atoms with E-state index in [1.54, 1.807) is 6.20 Å². The van der Waals surface area contributed by atoms with Gasteiger partial charge in [-0.2, -0.15) is 0 Å². The minimum Gasteiger partial charge on any atom is -0.443 e. The van der Waals surface area contributed by atoms with Crippen LogP contribution in [0, 0.1) is 12.8 Å². The van der Waals surface area contributed by atoms with Crippen molar-refractivity contribution in [2.45, 2.75) is 64.4 Å². The van der Waals surface area contributed by atoms with Gasteiger partial charge < -0.3 is 15.8 Å². The molecule has 2 aliphatic rings. The van der Waals surface area contributed by atoms with Crippen molar-refractivity contribution in [2.75, 3.05) is 29.0 Å². The molecule has 0 unspecified atom stereocenters. The lowest BCUT2D eigenvalue weighted by molar-refractivity contribution is 0.0574. The van der Waals surface area contributed by atoms with Crippen molar-refractivity contribution in [3.8, 4) is 0 Å². The van der Waals surface area contributed by atoms with Crippen LogP contribution in [0.1, 0.15) is 57.6 Å². The third-order valence-electron chi connectivity index (χ3n) is 6.67. The molecule has 166 valence electrons. The number of carbonyl (C=O) groups excluding carboxylic acids is 1. The summed E-state index contributed by atoms with van der Waals surface area (Å²) >= 11 is 0. The van der Waals surface area contributed by atoms with Gasteiger partial charge in [0.25, 0.3) is 0 Å². The molecule has 1 amide bonds. The quantitative estimate of drug-likeness (QED) is 0.704. The first-order valence-corrected chi connectivity index (χ1v) is 11.2. The molecule has 1 aromatic carbocycles. The van der Waals surface area contributed by atoms with Gasteiger partial charge in [0, 0.05) is 24.7 Å². The zero-order valence-electron chi connectivity index (χ0n) is 19.1. The number of pyridine rings is 1. The summed E-state index contributed by atoms with van der Waals surface area (Å²) in [6, 6.07) is 10.3. The zero-order valence-corrected chi connectivity index (χ0v) is 19.1. The van der Waals surface area contributed by atoms with Crippen molar-refractivity contribution in [3.63, 3.8) is 0 Å². The first kappa shape index (κ1) is 21.5. The summed E-state index contributed by atoms with van der Waals surface area (Å²) in [6.07, 6.45) is 5.88. The summed E-state index contributed by atoms with van der Waals surface area (Å²) in [5, 5.41) is 3.45. The normalized spacial score (nSPS) is 23.0. The van der Waals surface area contributed by atoms with E-state index in [0.717, 1.165) is 55.0 Å². The number of rotatable bonds is 3. The van der Waals surface area contributed by atoms with Gasteiger partial charge in [-0.15, -0.1) is 0 Å². The molecular formula is C25H34N4O2. The Balaban J connectivity index is 1.44. The number of benzene rings is 1. The minimum atomic E-state index is -0.503. The lowest BCUT2D eigenvalue weighted by Gasteiger charge is -2.38. The number of anilines is 3. The van der Waals surface area contributed by atoms with Crippen LogP contribution in [0.25, 0.3) is 0 Å². The Morgan fingerprint density at radius 1 is 1.26 bits per heavy atom. The number of aryl methyl sites for hydroxylation is 1. The average Bonchev–Trinajstić information content (AvgIpc) is 3.04. The zero-order chi connectivity index (χ0) is 22.2. The molecule has 6 heteroatoms. The van der Waals surface area contributed by atoms with Gasteiger partial charge in [-0.1, -0.05) is 18.2 Å². The second-order valence-electron chi connectivity index (χ2n) is 10.1. The predicted molar refractivity (Wildman–Crippen MR) is 126 cm³/mol. The van der Waals surface area contributed by atoms with E-state index in [-0.39, 0.29) is 11.5 Å². The molecule has 6 nitrogen and oxygen atoms in total. The third-order valence-corrected chi connectivity index (χ3v) is 6.67. The molecule has 4 rings (SSSR count). The highest BCUT2D eigenvalue weighted by Gasteiger charge is 2.47. The maximum Gasteiger partial charge on any atom is 0.414 e. The van der Waals surface area contributed by atoms with Crippen molar-refractivity contribution < 1.29 is 9.53 Å². The van der Waals surface area contributed by atoms with Gasteiger partial charge in [-0.3, -0.25) is 4.90 Å². The molecule has 2 aromatic rings. The number of para-hydroxylation sites is 1. The average molecular weight is 423 g/mol. The molecule has 2 heterocycles. The molecule has 1 fully saturated rings. The molecular weight excluding hydrogens is 388 g/mol. The monoisotopic (exact) mass is 422 g/mol. The highest BCUT2D eigenvalue weighted by atomic mass is 16.6. The number of hydrogen-bond acceptors (Lipinski definition) is 5. The Morgan fingerprint density at radius 2 is 1.97 bits per heavy atom. The summed E-state index contributed by atoms with van der Waals surface area (Å²) in [7, 11) is 0. The number of ether oxygens (including phenoxy) is 1. The fraction of sp³-hybridized carbons (Fsp3) is 0.520. The van der Waals surface area contributed by atoms with E-state index in [1.165, 1.54) is 5.56 Å². The highest BCUT2D eigenvalue weighted by Crippen LogP contribution is 2.50. The molecule has 1 aliphatic carbocycles. The van der Waals surface area contributed by atoms with Crippen molar-refractivity contribution >= 4 is 23.3 Å². The smallest absolute Gasteiger partial charge is 0.414 e. The number of nitrogens with one attached hydrogen (secondary N) is 1. The number of carbonyl (C=O) groups is 1. The number of nitrogens with zero attached hydrogens (tertiary/aromatic N) is 2. The van der Waals surface area contributed by atoms with E-state index >= 15 is 0 Å². The maximum atomic E-state index is 12.9. The largest absolute Gasteiger partial charge is 0.443 e. The molecule has 0 bridgehead atoms. The molecule has 1 spiro atoms. The molecule has 1 saturated carbocycles. The lowest BCUT2D eigenvalue weighted by atomic mass is 9.67. The number of hydrogen-bond donors (Lipinski definition) is 2. The number of nitrogens with two attached hydrogens (primary N) is 1. The van der Waals surface area contributed by atoms with Gasteiger partial charge in [0.05, 0.1) is 11.4 Å². The molecule has 0 atom stereocenters. The summed E-state index contributed by atoms with van der Waals surface area (Å²) in [5.74, 6) is 1.35. The molecule has 31 heavy (non-hydrogen) atoms. The van der Waals surface area contributed by atoms with Crippen LogP contribution in [0.5, 0.6) is 0 Å². The van der Waals surface area contributed by atoms with Gasteiger partial charge >= 0.3 is 6.09 Å². The third kappa shape index (κ3) is 4.34. The Morgan fingerprint density at radius 3 is 2.68 bits per heavy atom. The van der Waals surface area contributed by atoms with E-state index < -0.39 is 5.60 Å². The maximum absolute atomic E-state index is 12.9. The highest BCUT2D eigenvalue weighted by molar-refractivity contribution is 5.91. The van der Waals surface area contributed by atoms with Gasteiger partial charge in [0.15, 0.2) is 0 Å². The van der Waals surface area contributed by atoms with E-state index in [9.17, 15) is 4.79 Å². The van der Waals surface area contributed by atoms with Crippen molar-refractivity contribution in [2.24, 2.45) is 5.92 Å². The summed E-state index contributed by atoms with van der Waals surface area (Å²) in [5.41, 5.74) is 9.74. The fourth-order valence-electron chi connectivity index (χ4n) is 4.92. The van der Waals surface area contributed by atoms with Crippen molar-refractivity contribution in [3.05, 3.63) is 47.7 Å². The number of fused-ring (bicyclic) bond motifs is 2. The first-order valence-electron chi connectivity index (χ1n) is 11.2. The standard InChI is InChI=1S/C25H34N4O2/c1-17-11-14-27-22(21(17)26)28-15-18-9-12-25(13-10-18)16-29(23(30)31-24(2,3)4)20-8-6-5-7-19(20)25/h5-8,11,14,18H,9-10,12-13,15-16,26H2,1-4H3,(H,27,28). The van der Waals surface area contributed by atoms with Gasteiger partial charge in [0.2, 0.25) is 0 Å². The molecule has 1 aliphatic heterocycles. The van der Waals surface area contributed by atoms with Crippen LogP contribution in [0.2, 0.25) is 0 Å². The summed E-state index contributed by atoms with van der Waals surface area (Å²) in [4.78, 5) is 19.1. The summed E-state index contributed by atoms with van der Waals surface area (Å²) < 4.78 is 5.70. The molecule has 3 N–H and O–H groups in total. The van der Waals surface area contributed by atoms with Crippen LogP contribution in [-0.2, 0) is 10.2 Å². The first-order chi connectivity index (χ1) is 14.7. The van der Waals surface area contributed by atoms with Crippen molar-refractivity contribution in [1.82, 2.24) is 4.98 Å². The Kier molecular flexibility index (Phi) is 5.58. The predicted octanol–water partition coefficient (Wildman–Crippen LogP) is 5.27. The van der Waals surface area contributed by atoms with E-state index in [1.807, 2.05) is 50.8 Å². The van der Waals surface area contributed by atoms with Crippen LogP contribution in [-0.4, -0.2) is 29.8 Å². The van der Waals surface area contributed by atoms with E-state index in [2.05, 4.69) is 22.4 Å². The number of aromatic nitrogens is 1. The molecule has 0 saturated heterocycles. The number of amides is 1. The van der Waals surface area contributed by atoms with E-state index in [4.69, 9.17) is 10.5 Å². The van der Waals surface area contributed by atoms with Gasteiger partial charge in [0.1, 0.15) is 11.4 Å². The summed E-state index contributed by atoms with van der Waals surface area (Å²) in [6.45, 7) is 9.31. The topological polar surface area (TPSA) is 80.5 Å². The van der Waals surface area contributed by atoms with Gasteiger partial charge in [-0.05, 0) is 82.6 Å². The molecule has 0 radical (unpaired) electrons. The minimum absolute atomic E-state index is 0.0185. The Hall–Kier alpha value is -2.76. The van der Waals surface area contributed by atoms with E-state index in [0.29, 0.717) is 12.5 Å². The lowest BCUT2D eigenvalue weighted by Crippen LogP contribution is -2.42. The van der Waals surface area contributed by atoms with Crippen LogP contribution in [0.4, 0.5) is 22.0 Å². The Labute approximate surface area is 185 Å². The van der Waals surface area contributed by atoms with Crippen LogP contribution >= 0.6 is 0 Å². The fourth-order valence-corrected chi connectivity index (χ4v) is 4.92. The van der Waals surface area contributed by atoms with Crippen LogP contribution in [0.3, 0.4) is 0 Å². The second-order valence-corrected chi connectivity index (χ2v) is 10.1. The SMILES string of the molecule is Cc1ccnc(NCC2CCC3(CC2)CN(C(=O)OC(C)(C)C)c2ccccc23)c1N. The molecule has 1 aromatic heterocycles. The number of nitrogen functional groups attached to an aromatic ring is 1.